The van der Waals surface area contributed by atoms with Crippen LogP contribution in [0.3, 0.4) is 0 Å². The molecule has 0 unspecified atom stereocenters. The molecule has 2 atom stereocenters. The smallest absolute Gasteiger partial charge is 0.410 e. The van der Waals surface area contributed by atoms with Gasteiger partial charge in [-0.05, 0) is 57.2 Å². The summed E-state index contributed by atoms with van der Waals surface area (Å²) in [4.78, 5) is 26.2. The number of nitrogens with zero attached hydrogens (tertiary/aromatic N) is 1. The number of carbonyl (C=O) groups is 2. The summed E-state index contributed by atoms with van der Waals surface area (Å²) in [5.74, 6) is 0.875. The summed E-state index contributed by atoms with van der Waals surface area (Å²) in [6.07, 6.45) is 1.00. The molecular weight excluding hydrogens is 320 g/mol. The SMILES string of the molecule is CNC(=O)[C@@H]1C[C@H](Cc2ccc(OC)cc2)CN1C(=O)OC(C)(C)C. The Morgan fingerprint density at radius 3 is 2.40 bits per heavy atom. The predicted molar refractivity (Wildman–Crippen MR) is 95.6 cm³/mol. The van der Waals surface area contributed by atoms with Gasteiger partial charge in [0.15, 0.2) is 0 Å². The number of ether oxygens (including phenoxy) is 2. The van der Waals surface area contributed by atoms with E-state index in [-0.39, 0.29) is 11.8 Å². The summed E-state index contributed by atoms with van der Waals surface area (Å²) in [5, 5.41) is 2.65. The number of rotatable bonds is 4. The molecule has 1 N–H and O–H groups in total. The molecule has 1 aromatic rings. The van der Waals surface area contributed by atoms with Gasteiger partial charge in [0.05, 0.1) is 7.11 Å². The largest absolute Gasteiger partial charge is 0.497 e. The minimum absolute atomic E-state index is 0.150. The maximum absolute atomic E-state index is 12.5. The van der Waals surface area contributed by atoms with Crippen LogP contribution in [0.5, 0.6) is 5.75 Å². The molecular formula is C19H28N2O4. The van der Waals surface area contributed by atoms with Crippen molar-refractivity contribution in [2.24, 2.45) is 5.92 Å². The Balaban J connectivity index is 2.08. The summed E-state index contributed by atoms with van der Waals surface area (Å²) >= 11 is 0. The van der Waals surface area contributed by atoms with E-state index >= 15 is 0 Å². The lowest BCUT2D eigenvalue weighted by Crippen LogP contribution is -2.46. The third-order valence-corrected chi connectivity index (χ3v) is 4.25. The zero-order valence-electron chi connectivity index (χ0n) is 15.7. The number of nitrogens with one attached hydrogen (secondary N) is 1. The lowest BCUT2D eigenvalue weighted by atomic mass is 9.96. The molecule has 2 amide bonds. The van der Waals surface area contributed by atoms with Gasteiger partial charge in [-0.3, -0.25) is 9.69 Å². The molecule has 1 aliphatic heterocycles. The van der Waals surface area contributed by atoms with E-state index in [1.165, 1.54) is 0 Å². The molecule has 1 fully saturated rings. The van der Waals surface area contributed by atoms with Gasteiger partial charge in [0, 0.05) is 13.6 Å². The first kappa shape index (κ1) is 19.1. The van der Waals surface area contributed by atoms with Crippen molar-refractivity contribution in [1.29, 1.82) is 0 Å². The zero-order chi connectivity index (χ0) is 18.6. The van der Waals surface area contributed by atoms with E-state index in [9.17, 15) is 9.59 Å². The lowest BCUT2D eigenvalue weighted by Gasteiger charge is -2.27. The Bertz CT molecular complexity index is 607. The highest BCUT2D eigenvalue weighted by molar-refractivity contribution is 5.86. The first-order chi connectivity index (χ1) is 11.7. The van der Waals surface area contributed by atoms with E-state index < -0.39 is 17.7 Å². The Morgan fingerprint density at radius 2 is 1.88 bits per heavy atom. The van der Waals surface area contributed by atoms with Gasteiger partial charge in [-0.2, -0.15) is 0 Å². The number of likely N-dealkylation sites (N-methyl/N-ethyl adjacent to an activating group) is 1. The third-order valence-electron chi connectivity index (χ3n) is 4.25. The normalized spacial score (nSPS) is 20.3. The van der Waals surface area contributed by atoms with Crippen LogP contribution >= 0.6 is 0 Å². The highest BCUT2D eigenvalue weighted by atomic mass is 16.6. The number of hydrogen-bond donors (Lipinski definition) is 1. The standard InChI is InChI=1S/C19H28N2O4/c1-19(2,3)25-18(23)21-12-14(11-16(21)17(22)20-4)10-13-6-8-15(24-5)9-7-13/h6-9,14,16H,10-12H2,1-5H3,(H,20,22)/t14-,16-/m0/s1. The van der Waals surface area contributed by atoms with E-state index in [1.54, 1.807) is 19.1 Å². The van der Waals surface area contributed by atoms with E-state index in [1.807, 2.05) is 45.0 Å². The van der Waals surface area contributed by atoms with Crippen LogP contribution in [0.25, 0.3) is 0 Å². The topological polar surface area (TPSA) is 67.9 Å². The first-order valence-electron chi connectivity index (χ1n) is 8.57. The van der Waals surface area contributed by atoms with E-state index in [0.717, 1.165) is 17.7 Å². The number of methoxy groups -OCH3 is 1. The number of benzene rings is 1. The average molecular weight is 348 g/mol. The van der Waals surface area contributed by atoms with E-state index in [2.05, 4.69) is 5.32 Å². The van der Waals surface area contributed by atoms with Crippen LogP contribution in [0.4, 0.5) is 4.79 Å². The average Bonchev–Trinajstić information content (AvgIpc) is 2.97. The highest BCUT2D eigenvalue weighted by Crippen LogP contribution is 2.28. The van der Waals surface area contributed by atoms with Crippen molar-refractivity contribution in [3.8, 4) is 5.75 Å². The maximum atomic E-state index is 12.5. The molecule has 0 aliphatic carbocycles. The predicted octanol–water partition coefficient (Wildman–Crippen LogP) is 2.61. The van der Waals surface area contributed by atoms with Crippen molar-refractivity contribution in [3.05, 3.63) is 29.8 Å². The quantitative estimate of drug-likeness (QED) is 0.908. The second-order valence-corrected chi connectivity index (χ2v) is 7.42. The fourth-order valence-corrected chi connectivity index (χ4v) is 3.10. The number of likely N-dealkylation sites (tertiary alicyclic amines) is 1. The molecule has 6 nitrogen and oxygen atoms in total. The van der Waals surface area contributed by atoms with Crippen LogP contribution in [0.1, 0.15) is 32.8 Å². The molecule has 1 aliphatic rings. The first-order valence-corrected chi connectivity index (χ1v) is 8.57. The lowest BCUT2D eigenvalue weighted by molar-refractivity contribution is -0.125. The maximum Gasteiger partial charge on any atom is 0.410 e. The number of amides is 2. The van der Waals surface area contributed by atoms with Crippen molar-refractivity contribution < 1.29 is 19.1 Å². The Morgan fingerprint density at radius 1 is 1.24 bits per heavy atom. The molecule has 0 radical (unpaired) electrons. The van der Waals surface area contributed by atoms with Gasteiger partial charge in [-0.15, -0.1) is 0 Å². The molecule has 25 heavy (non-hydrogen) atoms. The van der Waals surface area contributed by atoms with Crippen LogP contribution in [0.15, 0.2) is 24.3 Å². The number of hydrogen-bond acceptors (Lipinski definition) is 4. The Kier molecular flexibility index (Phi) is 5.93. The summed E-state index contributed by atoms with van der Waals surface area (Å²) in [6.45, 7) is 5.99. The summed E-state index contributed by atoms with van der Waals surface area (Å²) < 4.78 is 10.6. The highest BCUT2D eigenvalue weighted by Gasteiger charge is 2.40. The second-order valence-electron chi connectivity index (χ2n) is 7.42. The third kappa shape index (κ3) is 5.11. The monoisotopic (exact) mass is 348 g/mol. The molecule has 0 saturated carbocycles. The minimum Gasteiger partial charge on any atom is -0.497 e. The molecule has 1 heterocycles. The van der Waals surface area contributed by atoms with Crippen molar-refractivity contribution in [2.45, 2.75) is 45.3 Å². The van der Waals surface area contributed by atoms with Gasteiger partial charge >= 0.3 is 6.09 Å². The van der Waals surface area contributed by atoms with Crippen LogP contribution in [0, 0.1) is 5.92 Å². The fraction of sp³-hybridized carbons (Fsp3) is 0.579. The van der Waals surface area contributed by atoms with Crippen molar-refractivity contribution in [2.75, 3.05) is 20.7 Å². The molecule has 1 saturated heterocycles. The van der Waals surface area contributed by atoms with Crippen LogP contribution in [0.2, 0.25) is 0 Å². The molecule has 138 valence electrons. The Labute approximate surface area is 149 Å². The Hall–Kier alpha value is -2.24. The fourth-order valence-electron chi connectivity index (χ4n) is 3.10. The van der Waals surface area contributed by atoms with Crippen molar-refractivity contribution >= 4 is 12.0 Å². The zero-order valence-corrected chi connectivity index (χ0v) is 15.7. The van der Waals surface area contributed by atoms with E-state index in [0.29, 0.717) is 13.0 Å². The van der Waals surface area contributed by atoms with Crippen molar-refractivity contribution in [1.82, 2.24) is 10.2 Å². The molecule has 0 bridgehead atoms. The van der Waals surface area contributed by atoms with Gasteiger partial charge in [0.2, 0.25) is 5.91 Å². The van der Waals surface area contributed by atoms with Gasteiger partial charge in [0.25, 0.3) is 0 Å². The minimum atomic E-state index is -0.585. The van der Waals surface area contributed by atoms with Crippen LogP contribution in [-0.4, -0.2) is 49.2 Å². The van der Waals surface area contributed by atoms with Crippen LogP contribution in [-0.2, 0) is 16.0 Å². The van der Waals surface area contributed by atoms with E-state index in [4.69, 9.17) is 9.47 Å². The molecule has 0 aromatic heterocycles. The molecule has 0 spiro atoms. The van der Waals surface area contributed by atoms with Crippen molar-refractivity contribution in [3.63, 3.8) is 0 Å². The second kappa shape index (κ2) is 7.76. The summed E-state index contributed by atoms with van der Waals surface area (Å²) in [7, 11) is 3.23. The summed E-state index contributed by atoms with van der Waals surface area (Å²) in [6, 6.07) is 7.40. The van der Waals surface area contributed by atoms with Gasteiger partial charge in [-0.25, -0.2) is 4.79 Å². The van der Waals surface area contributed by atoms with Gasteiger partial charge < -0.3 is 14.8 Å². The molecule has 2 rings (SSSR count). The van der Waals surface area contributed by atoms with Crippen LogP contribution < -0.4 is 10.1 Å². The number of carbonyl (C=O) groups excluding carboxylic acids is 2. The molecule has 6 heteroatoms. The van der Waals surface area contributed by atoms with Gasteiger partial charge in [-0.1, -0.05) is 12.1 Å². The molecule has 1 aromatic carbocycles. The summed E-state index contributed by atoms with van der Waals surface area (Å²) in [5.41, 5.74) is 0.575. The van der Waals surface area contributed by atoms with Gasteiger partial charge in [0.1, 0.15) is 17.4 Å².